The Balaban J connectivity index is 1.14. The Labute approximate surface area is 325 Å². The molecule has 2 atom stereocenters. The predicted molar refractivity (Wildman–Crippen MR) is 229 cm³/mol. The zero-order chi connectivity index (χ0) is 36.1. The SMILES string of the molecule is c1ccc(-c2ccc(-c3ccc(-c4cccc5c4C4(c6ccccc6-5)c5ccccc5C5(c6ccccc6)c6ccccc6-c6cccc4c65)cc3)s2)cc1. The van der Waals surface area contributed by atoms with E-state index in [2.05, 4.69) is 206 Å². The van der Waals surface area contributed by atoms with Crippen molar-refractivity contribution < 1.29 is 0 Å². The van der Waals surface area contributed by atoms with Crippen molar-refractivity contribution >= 4 is 11.3 Å². The molecule has 8 aromatic carbocycles. The fraction of sp³-hybridized carbons (Fsp3) is 0.0370. The van der Waals surface area contributed by atoms with Crippen molar-refractivity contribution in [2.24, 2.45) is 0 Å². The summed E-state index contributed by atoms with van der Waals surface area (Å²) < 4.78 is 0. The van der Waals surface area contributed by atoms with Crippen LogP contribution >= 0.6 is 11.3 Å². The van der Waals surface area contributed by atoms with Crippen molar-refractivity contribution in [2.45, 2.75) is 10.8 Å². The maximum atomic E-state index is 2.45. The van der Waals surface area contributed by atoms with E-state index in [0.29, 0.717) is 0 Å². The van der Waals surface area contributed by atoms with Crippen LogP contribution in [0.4, 0.5) is 0 Å². The Kier molecular flexibility index (Phi) is 6.44. The number of hydrogen-bond acceptors (Lipinski definition) is 1. The van der Waals surface area contributed by atoms with Crippen LogP contribution in [-0.4, -0.2) is 0 Å². The van der Waals surface area contributed by atoms with Gasteiger partial charge in [0.2, 0.25) is 0 Å². The molecule has 1 heteroatoms. The molecule has 0 aliphatic heterocycles. The molecule has 12 rings (SSSR count). The van der Waals surface area contributed by atoms with Crippen LogP contribution in [0.3, 0.4) is 0 Å². The second-order valence-electron chi connectivity index (χ2n) is 15.1. The highest BCUT2D eigenvalue weighted by atomic mass is 32.1. The summed E-state index contributed by atoms with van der Waals surface area (Å²) in [6, 6.07) is 77.6. The van der Waals surface area contributed by atoms with E-state index < -0.39 is 10.8 Å². The summed E-state index contributed by atoms with van der Waals surface area (Å²) in [6.07, 6.45) is 0. The highest BCUT2D eigenvalue weighted by molar-refractivity contribution is 7.18. The molecular formula is C54H34S. The van der Waals surface area contributed by atoms with E-state index in [1.165, 1.54) is 98.8 Å². The molecule has 256 valence electrons. The molecule has 0 amide bonds. The number of hydrogen-bond donors (Lipinski definition) is 0. The third-order valence-corrected chi connectivity index (χ3v) is 13.8. The van der Waals surface area contributed by atoms with Gasteiger partial charge in [0.1, 0.15) is 0 Å². The minimum atomic E-state index is -0.526. The third-order valence-electron chi connectivity index (χ3n) is 12.6. The zero-order valence-corrected chi connectivity index (χ0v) is 30.9. The van der Waals surface area contributed by atoms with Gasteiger partial charge in [-0.2, -0.15) is 0 Å². The van der Waals surface area contributed by atoms with Crippen molar-refractivity contribution in [1.29, 1.82) is 0 Å². The molecule has 0 fully saturated rings. The fourth-order valence-corrected chi connectivity index (χ4v) is 11.6. The summed E-state index contributed by atoms with van der Waals surface area (Å²) >= 11 is 1.85. The summed E-state index contributed by atoms with van der Waals surface area (Å²) in [7, 11) is 0. The summed E-state index contributed by atoms with van der Waals surface area (Å²) in [6.45, 7) is 0. The Morgan fingerprint density at radius 3 is 1.36 bits per heavy atom. The molecule has 3 aliphatic carbocycles. The summed E-state index contributed by atoms with van der Waals surface area (Å²) in [5.74, 6) is 0. The van der Waals surface area contributed by atoms with Gasteiger partial charge in [-0.05, 0) is 101 Å². The standard InChI is InChI=1S/C54H34S/c1-3-15-36(16-4-1)49-33-34-50(55-49)37-31-29-35(30-32-37)39-21-13-22-42-40-19-8-10-25-45(40)54(51(39)42)47-27-12-11-26-46(47)53(38-17-5-2-6-18-38)44-24-9-7-20-41(44)43-23-14-28-48(54)52(43)53/h1-34H. The molecule has 0 bridgehead atoms. The van der Waals surface area contributed by atoms with Crippen molar-refractivity contribution in [3.63, 3.8) is 0 Å². The molecule has 1 spiro atoms. The van der Waals surface area contributed by atoms with Gasteiger partial charge in [-0.25, -0.2) is 0 Å². The van der Waals surface area contributed by atoms with Gasteiger partial charge in [-0.15, -0.1) is 11.3 Å². The molecule has 9 aromatic rings. The van der Waals surface area contributed by atoms with Crippen LogP contribution in [0.5, 0.6) is 0 Å². The van der Waals surface area contributed by atoms with E-state index in [9.17, 15) is 0 Å². The first-order valence-corrected chi connectivity index (χ1v) is 20.0. The normalized spacial score (nSPS) is 18.0. The van der Waals surface area contributed by atoms with E-state index in [1.54, 1.807) is 0 Å². The van der Waals surface area contributed by atoms with Crippen LogP contribution in [-0.2, 0) is 10.8 Å². The lowest BCUT2D eigenvalue weighted by Crippen LogP contribution is -2.43. The second kappa shape index (κ2) is 11.5. The van der Waals surface area contributed by atoms with Crippen molar-refractivity contribution in [3.05, 3.63) is 251 Å². The number of rotatable bonds is 4. The lowest BCUT2D eigenvalue weighted by molar-refractivity contribution is 0.637. The first-order valence-electron chi connectivity index (χ1n) is 19.2. The van der Waals surface area contributed by atoms with E-state index in [0.717, 1.165) is 0 Å². The van der Waals surface area contributed by atoms with Gasteiger partial charge < -0.3 is 0 Å². The average molecular weight is 715 g/mol. The maximum absolute atomic E-state index is 2.45. The number of benzene rings is 8. The second-order valence-corrected chi connectivity index (χ2v) is 16.2. The number of thiophene rings is 1. The molecule has 0 saturated heterocycles. The maximum Gasteiger partial charge on any atom is 0.0726 e. The molecule has 0 N–H and O–H groups in total. The highest BCUT2D eigenvalue weighted by Gasteiger charge is 2.60. The molecule has 1 heterocycles. The summed E-state index contributed by atoms with van der Waals surface area (Å²) in [4.78, 5) is 2.57. The van der Waals surface area contributed by atoms with Crippen LogP contribution in [0.2, 0.25) is 0 Å². The average Bonchev–Trinajstić information content (AvgIpc) is 3.96. The van der Waals surface area contributed by atoms with Crippen LogP contribution < -0.4 is 0 Å². The lowest BCUT2D eigenvalue weighted by Gasteiger charge is -2.48. The largest absolute Gasteiger partial charge is 0.135 e. The molecule has 55 heavy (non-hydrogen) atoms. The van der Waals surface area contributed by atoms with Gasteiger partial charge in [-0.1, -0.05) is 194 Å². The van der Waals surface area contributed by atoms with Gasteiger partial charge in [0, 0.05) is 9.75 Å². The van der Waals surface area contributed by atoms with E-state index >= 15 is 0 Å². The predicted octanol–water partition coefficient (Wildman–Crippen LogP) is 13.8. The topological polar surface area (TPSA) is 0 Å². The minimum Gasteiger partial charge on any atom is -0.135 e. The first kappa shape index (κ1) is 30.9. The van der Waals surface area contributed by atoms with Gasteiger partial charge in [0.05, 0.1) is 10.8 Å². The smallest absolute Gasteiger partial charge is 0.0726 e. The molecule has 0 saturated carbocycles. The van der Waals surface area contributed by atoms with Gasteiger partial charge in [-0.3, -0.25) is 0 Å². The van der Waals surface area contributed by atoms with Crippen molar-refractivity contribution in [3.8, 4) is 54.3 Å². The van der Waals surface area contributed by atoms with E-state index in [-0.39, 0.29) is 0 Å². The van der Waals surface area contributed by atoms with Crippen LogP contribution in [0.25, 0.3) is 54.3 Å². The van der Waals surface area contributed by atoms with Crippen LogP contribution in [0.15, 0.2) is 206 Å². The fourth-order valence-electron chi connectivity index (χ4n) is 10.6. The Morgan fingerprint density at radius 1 is 0.255 bits per heavy atom. The van der Waals surface area contributed by atoms with Crippen molar-refractivity contribution in [2.75, 3.05) is 0 Å². The Hall–Kier alpha value is -6.54. The Bertz CT molecular complexity index is 2970. The summed E-state index contributed by atoms with van der Waals surface area (Å²) in [5.41, 5.74) is 20.3. The first-order chi connectivity index (χ1) is 27.3. The quantitative estimate of drug-likeness (QED) is 0.170. The van der Waals surface area contributed by atoms with Gasteiger partial charge in [0.25, 0.3) is 0 Å². The zero-order valence-electron chi connectivity index (χ0n) is 30.0. The number of fused-ring (bicyclic) bond motifs is 12. The minimum absolute atomic E-state index is 0.445. The van der Waals surface area contributed by atoms with Gasteiger partial charge in [0.15, 0.2) is 0 Å². The highest BCUT2D eigenvalue weighted by Crippen LogP contribution is 2.69. The lowest BCUT2D eigenvalue weighted by atomic mass is 9.52. The molecular weight excluding hydrogens is 681 g/mol. The molecule has 1 aromatic heterocycles. The molecule has 3 aliphatic rings. The van der Waals surface area contributed by atoms with Gasteiger partial charge >= 0.3 is 0 Å². The van der Waals surface area contributed by atoms with Crippen molar-refractivity contribution in [1.82, 2.24) is 0 Å². The van der Waals surface area contributed by atoms with Crippen LogP contribution in [0, 0.1) is 0 Å². The Morgan fingerprint density at radius 2 is 0.691 bits per heavy atom. The van der Waals surface area contributed by atoms with Crippen LogP contribution in [0.1, 0.15) is 44.5 Å². The monoisotopic (exact) mass is 714 g/mol. The molecule has 2 unspecified atom stereocenters. The van der Waals surface area contributed by atoms with E-state index in [1.807, 2.05) is 11.3 Å². The van der Waals surface area contributed by atoms with E-state index in [4.69, 9.17) is 0 Å². The molecule has 0 nitrogen and oxygen atoms in total. The third kappa shape index (κ3) is 3.96. The molecule has 0 radical (unpaired) electrons. The summed E-state index contributed by atoms with van der Waals surface area (Å²) in [5, 5.41) is 0.